The van der Waals surface area contributed by atoms with Crippen molar-refractivity contribution in [1.82, 2.24) is 15.1 Å². The lowest BCUT2D eigenvalue weighted by molar-refractivity contribution is 0.174. The maximum Gasteiger partial charge on any atom is 0.169 e. The molecule has 0 amide bonds. The number of hydrogen-bond donors (Lipinski definition) is 1. The van der Waals surface area contributed by atoms with Crippen molar-refractivity contribution in [1.29, 1.82) is 0 Å². The second kappa shape index (κ2) is 7.08. The molecule has 19 heavy (non-hydrogen) atoms. The van der Waals surface area contributed by atoms with Gasteiger partial charge in [-0.15, -0.1) is 0 Å². The van der Waals surface area contributed by atoms with Crippen LogP contribution in [0.3, 0.4) is 0 Å². The molecule has 1 aliphatic heterocycles. The third kappa shape index (κ3) is 4.34. The number of nitrogens with zero attached hydrogens (tertiary/aromatic N) is 2. The third-order valence-corrected chi connectivity index (χ3v) is 3.92. The standard InChI is InChI=1S/C14H20ClN3S/c1-2-16-14(19)18-8-6-17(7-9-18)11-12-4-3-5-13(15)10-12/h3-5,10H,2,6-9,11H2,1H3,(H,16,19). The van der Waals surface area contributed by atoms with E-state index in [-0.39, 0.29) is 0 Å². The molecule has 1 aromatic rings. The Hall–Kier alpha value is -0.840. The van der Waals surface area contributed by atoms with Crippen LogP contribution < -0.4 is 5.32 Å². The summed E-state index contributed by atoms with van der Waals surface area (Å²) >= 11 is 11.3. The van der Waals surface area contributed by atoms with Gasteiger partial charge in [0.05, 0.1) is 0 Å². The van der Waals surface area contributed by atoms with Gasteiger partial charge in [-0.25, -0.2) is 0 Å². The molecule has 3 nitrogen and oxygen atoms in total. The monoisotopic (exact) mass is 297 g/mol. The summed E-state index contributed by atoms with van der Waals surface area (Å²) in [5.41, 5.74) is 1.27. The molecule has 1 saturated heterocycles. The van der Waals surface area contributed by atoms with E-state index in [0.717, 1.165) is 49.4 Å². The average Bonchev–Trinajstić information content (AvgIpc) is 2.40. The van der Waals surface area contributed by atoms with E-state index in [2.05, 4.69) is 28.1 Å². The van der Waals surface area contributed by atoms with Crippen LogP contribution in [0.5, 0.6) is 0 Å². The Kier molecular flexibility index (Phi) is 5.43. The van der Waals surface area contributed by atoms with Crippen molar-refractivity contribution in [2.45, 2.75) is 13.5 Å². The Balaban J connectivity index is 1.82. The smallest absolute Gasteiger partial charge is 0.169 e. The van der Waals surface area contributed by atoms with E-state index >= 15 is 0 Å². The highest BCUT2D eigenvalue weighted by molar-refractivity contribution is 7.80. The lowest BCUT2D eigenvalue weighted by Crippen LogP contribution is -2.51. The third-order valence-electron chi connectivity index (χ3n) is 3.28. The predicted molar refractivity (Wildman–Crippen MR) is 84.6 cm³/mol. The second-order valence-corrected chi connectivity index (χ2v) is 5.55. The highest BCUT2D eigenvalue weighted by atomic mass is 35.5. The molecule has 0 atom stereocenters. The summed E-state index contributed by atoms with van der Waals surface area (Å²) in [6.07, 6.45) is 0. The van der Waals surface area contributed by atoms with Crippen molar-refractivity contribution in [3.8, 4) is 0 Å². The molecule has 1 aromatic carbocycles. The quantitative estimate of drug-likeness (QED) is 0.863. The number of rotatable bonds is 3. The molecule has 0 saturated carbocycles. The van der Waals surface area contributed by atoms with Gasteiger partial charge in [0.15, 0.2) is 5.11 Å². The van der Waals surface area contributed by atoms with Crippen LogP contribution in [0.2, 0.25) is 5.02 Å². The Morgan fingerprint density at radius 2 is 2.05 bits per heavy atom. The molecule has 0 unspecified atom stereocenters. The van der Waals surface area contributed by atoms with Crippen molar-refractivity contribution in [2.24, 2.45) is 0 Å². The first kappa shape index (κ1) is 14.6. The molecule has 1 N–H and O–H groups in total. The molecular weight excluding hydrogens is 278 g/mol. The fourth-order valence-electron chi connectivity index (χ4n) is 2.27. The van der Waals surface area contributed by atoms with Gasteiger partial charge in [0, 0.05) is 44.3 Å². The maximum absolute atomic E-state index is 6.01. The lowest BCUT2D eigenvalue weighted by atomic mass is 10.2. The summed E-state index contributed by atoms with van der Waals surface area (Å²) in [6, 6.07) is 8.09. The number of thiocarbonyl (C=S) groups is 1. The first-order chi connectivity index (χ1) is 9.19. The highest BCUT2D eigenvalue weighted by Gasteiger charge is 2.18. The number of piperazine rings is 1. The van der Waals surface area contributed by atoms with Crippen LogP contribution >= 0.6 is 23.8 Å². The van der Waals surface area contributed by atoms with E-state index in [9.17, 15) is 0 Å². The Morgan fingerprint density at radius 3 is 2.68 bits per heavy atom. The van der Waals surface area contributed by atoms with Crippen LogP contribution in [-0.4, -0.2) is 47.6 Å². The van der Waals surface area contributed by atoms with Crippen LogP contribution in [0.1, 0.15) is 12.5 Å². The fraction of sp³-hybridized carbons (Fsp3) is 0.500. The topological polar surface area (TPSA) is 18.5 Å². The van der Waals surface area contributed by atoms with E-state index in [4.69, 9.17) is 23.8 Å². The zero-order valence-corrected chi connectivity index (χ0v) is 12.8. The SMILES string of the molecule is CCNC(=S)N1CCN(Cc2cccc(Cl)c2)CC1. The number of benzene rings is 1. The molecule has 1 heterocycles. The van der Waals surface area contributed by atoms with Crippen LogP contribution in [0.15, 0.2) is 24.3 Å². The number of hydrogen-bond acceptors (Lipinski definition) is 2. The van der Waals surface area contributed by atoms with E-state index in [1.54, 1.807) is 0 Å². The van der Waals surface area contributed by atoms with Crippen LogP contribution in [0.25, 0.3) is 0 Å². The summed E-state index contributed by atoms with van der Waals surface area (Å²) in [4.78, 5) is 4.68. The summed E-state index contributed by atoms with van der Waals surface area (Å²) in [5, 5.41) is 4.90. The van der Waals surface area contributed by atoms with Gasteiger partial charge < -0.3 is 10.2 Å². The Morgan fingerprint density at radius 1 is 1.32 bits per heavy atom. The van der Waals surface area contributed by atoms with Crippen LogP contribution in [-0.2, 0) is 6.54 Å². The molecule has 0 aliphatic carbocycles. The van der Waals surface area contributed by atoms with Gasteiger partial charge in [-0.05, 0) is 36.8 Å². The Bertz CT molecular complexity index is 430. The van der Waals surface area contributed by atoms with E-state index in [0.29, 0.717) is 0 Å². The minimum absolute atomic E-state index is 0.810. The van der Waals surface area contributed by atoms with Gasteiger partial charge in [0.2, 0.25) is 0 Å². The summed E-state index contributed by atoms with van der Waals surface area (Å²) in [5.74, 6) is 0. The molecule has 0 spiro atoms. The second-order valence-electron chi connectivity index (χ2n) is 4.73. The first-order valence-corrected chi connectivity index (χ1v) is 7.47. The normalized spacial score (nSPS) is 16.4. The minimum Gasteiger partial charge on any atom is -0.363 e. The number of halogens is 1. The van der Waals surface area contributed by atoms with Crippen molar-refractivity contribution in [3.05, 3.63) is 34.9 Å². The molecule has 0 radical (unpaired) electrons. The van der Waals surface area contributed by atoms with Gasteiger partial charge in [-0.2, -0.15) is 0 Å². The van der Waals surface area contributed by atoms with E-state index < -0.39 is 0 Å². The van der Waals surface area contributed by atoms with Gasteiger partial charge >= 0.3 is 0 Å². The van der Waals surface area contributed by atoms with E-state index in [1.807, 2.05) is 18.2 Å². The van der Waals surface area contributed by atoms with Crippen LogP contribution in [0.4, 0.5) is 0 Å². The molecule has 2 rings (SSSR count). The fourth-order valence-corrected chi connectivity index (χ4v) is 2.81. The molecule has 0 bridgehead atoms. The zero-order valence-electron chi connectivity index (χ0n) is 11.2. The molecule has 0 aromatic heterocycles. The summed E-state index contributed by atoms with van der Waals surface area (Å²) < 4.78 is 0. The molecule has 1 aliphatic rings. The molecule has 1 fully saturated rings. The molecule has 104 valence electrons. The van der Waals surface area contributed by atoms with Gasteiger partial charge in [0.1, 0.15) is 0 Å². The van der Waals surface area contributed by atoms with Gasteiger partial charge in [-0.1, -0.05) is 23.7 Å². The summed E-state index contributed by atoms with van der Waals surface area (Å²) in [6.45, 7) is 7.99. The number of nitrogens with one attached hydrogen (secondary N) is 1. The van der Waals surface area contributed by atoms with Gasteiger partial charge in [-0.3, -0.25) is 4.90 Å². The first-order valence-electron chi connectivity index (χ1n) is 6.68. The van der Waals surface area contributed by atoms with Crippen LogP contribution in [0, 0.1) is 0 Å². The van der Waals surface area contributed by atoms with Crippen molar-refractivity contribution in [3.63, 3.8) is 0 Å². The predicted octanol–water partition coefficient (Wildman–Crippen LogP) is 2.35. The van der Waals surface area contributed by atoms with Crippen molar-refractivity contribution >= 4 is 28.9 Å². The average molecular weight is 298 g/mol. The van der Waals surface area contributed by atoms with Crippen molar-refractivity contribution < 1.29 is 0 Å². The maximum atomic E-state index is 6.01. The van der Waals surface area contributed by atoms with Gasteiger partial charge in [0.25, 0.3) is 0 Å². The molecular formula is C14H20ClN3S. The highest BCUT2D eigenvalue weighted by Crippen LogP contribution is 2.14. The molecule has 5 heteroatoms. The van der Waals surface area contributed by atoms with Crippen molar-refractivity contribution in [2.75, 3.05) is 32.7 Å². The zero-order chi connectivity index (χ0) is 13.7. The minimum atomic E-state index is 0.810. The lowest BCUT2D eigenvalue weighted by Gasteiger charge is -2.36. The summed E-state index contributed by atoms with van der Waals surface area (Å²) in [7, 11) is 0. The largest absolute Gasteiger partial charge is 0.363 e. The Labute approximate surface area is 125 Å². The van der Waals surface area contributed by atoms with E-state index in [1.165, 1.54) is 5.56 Å².